The van der Waals surface area contributed by atoms with Crippen molar-refractivity contribution in [3.8, 4) is 16.9 Å². The van der Waals surface area contributed by atoms with E-state index in [1.807, 2.05) is 0 Å². The highest BCUT2D eigenvalue weighted by molar-refractivity contribution is 6.32. The summed E-state index contributed by atoms with van der Waals surface area (Å²) in [4.78, 5) is 12.8. The van der Waals surface area contributed by atoms with Gasteiger partial charge in [-0.25, -0.2) is 9.07 Å². The third-order valence-corrected chi connectivity index (χ3v) is 4.50. The zero-order chi connectivity index (χ0) is 19.5. The normalized spacial score (nSPS) is 10.8. The summed E-state index contributed by atoms with van der Waals surface area (Å²) in [6, 6.07) is 18.3. The van der Waals surface area contributed by atoms with Gasteiger partial charge in [0.1, 0.15) is 17.3 Å². The summed E-state index contributed by atoms with van der Waals surface area (Å²) >= 11 is 6.30. The van der Waals surface area contributed by atoms with Gasteiger partial charge in [0.15, 0.2) is 0 Å². The lowest BCUT2D eigenvalue weighted by Gasteiger charge is -2.09. The first-order valence-corrected chi connectivity index (χ1v) is 8.92. The summed E-state index contributed by atoms with van der Waals surface area (Å²) in [7, 11) is 0. The molecule has 0 bridgehead atoms. The fraction of sp³-hybridized carbons (Fsp3) is 0.0476. The van der Waals surface area contributed by atoms with E-state index in [-0.39, 0.29) is 18.1 Å². The van der Waals surface area contributed by atoms with Gasteiger partial charge in [0.25, 0.3) is 5.91 Å². The van der Waals surface area contributed by atoms with Gasteiger partial charge in [-0.2, -0.15) is 5.10 Å². The molecule has 2 heterocycles. The number of nitrogens with zero attached hydrogens (tertiary/aromatic N) is 2. The molecule has 0 aliphatic rings. The Balaban J connectivity index is 1.76. The van der Waals surface area contributed by atoms with Crippen molar-refractivity contribution in [1.82, 2.24) is 15.1 Å². The minimum atomic E-state index is -0.422. The van der Waals surface area contributed by atoms with Gasteiger partial charge in [0.05, 0.1) is 29.2 Å². The second-order valence-electron chi connectivity index (χ2n) is 6.02. The largest absolute Gasteiger partial charge is 0.467 e. The molecule has 0 saturated carbocycles. The molecule has 28 heavy (non-hydrogen) atoms. The van der Waals surface area contributed by atoms with Gasteiger partial charge in [0.2, 0.25) is 0 Å². The van der Waals surface area contributed by atoms with Gasteiger partial charge >= 0.3 is 0 Å². The molecule has 1 N–H and O–H groups in total. The number of aromatic nitrogens is 2. The topological polar surface area (TPSA) is 60.1 Å². The molecule has 0 radical (unpaired) electrons. The first kappa shape index (κ1) is 18.0. The second kappa shape index (κ2) is 7.70. The minimum absolute atomic E-state index is 0.217. The van der Waals surface area contributed by atoms with Crippen LogP contribution in [0, 0.1) is 5.82 Å². The summed E-state index contributed by atoms with van der Waals surface area (Å²) in [5.74, 6) is -0.188. The van der Waals surface area contributed by atoms with Crippen LogP contribution in [0.1, 0.15) is 16.2 Å². The van der Waals surface area contributed by atoms with Crippen molar-refractivity contribution in [2.24, 2.45) is 0 Å². The van der Waals surface area contributed by atoms with Crippen LogP contribution in [0.2, 0.25) is 5.02 Å². The summed E-state index contributed by atoms with van der Waals surface area (Å²) in [6.45, 7) is 0.217. The molecular formula is C21H15ClFN3O2. The number of benzene rings is 2. The zero-order valence-corrected chi connectivity index (χ0v) is 15.4. The molecular weight excluding hydrogens is 381 g/mol. The van der Waals surface area contributed by atoms with E-state index in [9.17, 15) is 9.18 Å². The molecule has 0 saturated heterocycles. The minimum Gasteiger partial charge on any atom is -0.467 e. The Hall–Kier alpha value is -3.38. The van der Waals surface area contributed by atoms with E-state index in [4.69, 9.17) is 16.0 Å². The molecule has 0 unspecified atom stereocenters. The molecule has 5 nitrogen and oxygen atoms in total. The van der Waals surface area contributed by atoms with Crippen LogP contribution >= 0.6 is 11.6 Å². The van der Waals surface area contributed by atoms with Crippen molar-refractivity contribution in [2.45, 2.75) is 6.54 Å². The Bertz CT molecular complexity index is 1120. The van der Waals surface area contributed by atoms with Crippen LogP contribution < -0.4 is 5.32 Å². The lowest BCUT2D eigenvalue weighted by atomic mass is 10.1. The number of halogens is 2. The number of amides is 1. The molecule has 4 aromatic rings. The summed E-state index contributed by atoms with van der Waals surface area (Å²) < 4.78 is 20.9. The van der Waals surface area contributed by atoms with Gasteiger partial charge < -0.3 is 9.73 Å². The van der Waals surface area contributed by atoms with Crippen LogP contribution in [0.4, 0.5) is 4.39 Å². The Morgan fingerprint density at radius 3 is 2.64 bits per heavy atom. The zero-order valence-electron chi connectivity index (χ0n) is 14.6. The molecule has 0 aliphatic heterocycles. The van der Waals surface area contributed by atoms with Crippen LogP contribution in [0.15, 0.2) is 77.4 Å². The van der Waals surface area contributed by atoms with Crippen LogP contribution in [0.5, 0.6) is 0 Å². The molecule has 0 atom stereocenters. The van der Waals surface area contributed by atoms with E-state index in [0.717, 1.165) is 0 Å². The highest BCUT2D eigenvalue weighted by atomic mass is 35.5. The third kappa shape index (κ3) is 3.54. The number of hydrogen-bond donors (Lipinski definition) is 1. The Morgan fingerprint density at radius 1 is 1.11 bits per heavy atom. The highest BCUT2D eigenvalue weighted by Crippen LogP contribution is 2.27. The Kier molecular flexibility index (Phi) is 4.95. The second-order valence-corrected chi connectivity index (χ2v) is 6.43. The number of nitrogens with one attached hydrogen (secondary N) is 1. The van der Waals surface area contributed by atoms with Crippen molar-refractivity contribution >= 4 is 17.5 Å². The van der Waals surface area contributed by atoms with Crippen molar-refractivity contribution in [2.75, 3.05) is 0 Å². The van der Waals surface area contributed by atoms with E-state index in [1.165, 1.54) is 17.0 Å². The first-order valence-electron chi connectivity index (χ1n) is 8.54. The lowest BCUT2D eigenvalue weighted by molar-refractivity contribution is 0.0940. The average Bonchev–Trinajstić information content (AvgIpc) is 3.37. The fourth-order valence-electron chi connectivity index (χ4n) is 2.82. The molecule has 1 amide bonds. The number of rotatable bonds is 5. The van der Waals surface area contributed by atoms with Crippen LogP contribution in [0.25, 0.3) is 16.9 Å². The predicted octanol–water partition coefficient (Wildman–Crippen LogP) is 4.85. The van der Waals surface area contributed by atoms with E-state index in [2.05, 4.69) is 10.4 Å². The number of carbonyl (C=O) groups excluding carboxylic acids is 1. The summed E-state index contributed by atoms with van der Waals surface area (Å²) in [5.41, 5.74) is 1.39. The first-order chi connectivity index (χ1) is 13.6. The molecule has 0 spiro atoms. The van der Waals surface area contributed by atoms with Gasteiger partial charge in [-0.05, 0) is 42.5 Å². The molecule has 140 valence electrons. The number of furan rings is 1. The molecule has 0 aliphatic carbocycles. The average molecular weight is 396 g/mol. The van der Waals surface area contributed by atoms with Gasteiger partial charge in [0, 0.05) is 5.56 Å². The molecule has 2 aromatic carbocycles. The maximum Gasteiger partial charge on any atom is 0.270 e. The quantitative estimate of drug-likeness (QED) is 0.525. The predicted molar refractivity (Wildman–Crippen MR) is 104 cm³/mol. The van der Waals surface area contributed by atoms with E-state index in [0.29, 0.717) is 27.7 Å². The van der Waals surface area contributed by atoms with Crippen LogP contribution in [-0.2, 0) is 6.54 Å². The summed E-state index contributed by atoms with van der Waals surface area (Å²) in [5, 5.41) is 7.65. The third-order valence-electron chi connectivity index (χ3n) is 4.18. The summed E-state index contributed by atoms with van der Waals surface area (Å²) in [6.07, 6.45) is 1.53. The molecule has 2 aromatic heterocycles. The standard InChI is InChI=1S/C21H15ClFN3O2/c22-16-8-2-4-10-19(16)26-20(21(27)24-13-14-6-5-11-28-14)12-18(25-26)15-7-1-3-9-17(15)23/h1-12H,13H2,(H,24,27). The van der Waals surface area contributed by atoms with Crippen molar-refractivity contribution in [3.05, 3.63) is 95.3 Å². The van der Waals surface area contributed by atoms with E-state index < -0.39 is 5.82 Å². The number of para-hydroxylation sites is 1. The smallest absolute Gasteiger partial charge is 0.270 e. The van der Waals surface area contributed by atoms with Crippen molar-refractivity contribution < 1.29 is 13.6 Å². The fourth-order valence-corrected chi connectivity index (χ4v) is 3.04. The van der Waals surface area contributed by atoms with Gasteiger partial charge in [-0.15, -0.1) is 0 Å². The number of hydrogen-bond acceptors (Lipinski definition) is 3. The Labute approximate surface area is 165 Å². The van der Waals surface area contributed by atoms with Crippen molar-refractivity contribution in [1.29, 1.82) is 0 Å². The highest BCUT2D eigenvalue weighted by Gasteiger charge is 2.20. The Morgan fingerprint density at radius 2 is 1.89 bits per heavy atom. The van der Waals surface area contributed by atoms with E-state index >= 15 is 0 Å². The molecule has 4 rings (SSSR count). The SMILES string of the molecule is O=C(NCc1ccco1)c1cc(-c2ccccc2F)nn1-c1ccccc1Cl. The van der Waals surface area contributed by atoms with E-state index in [1.54, 1.807) is 60.7 Å². The van der Waals surface area contributed by atoms with Crippen LogP contribution in [0.3, 0.4) is 0 Å². The number of carbonyl (C=O) groups is 1. The lowest BCUT2D eigenvalue weighted by Crippen LogP contribution is -2.25. The molecule has 0 fully saturated rings. The van der Waals surface area contributed by atoms with Crippen LogP contribution in [-0.4, -0.2) is 15.7 Å². The maximum atomic E-state index is 14.2. The maximum absolute atomic E-state index is 14.2. The van der Waals surface area contributed by atoms with Gasteiger partial charge in [-0.3, -0.25) is 4.79 Å². The van der Waals surface area contributed by atoms with Gasteiger partial charge in [-0.1, -0.05) is 35.9 Å². The molecule has 7 heteroatoms. The monoisotopic (exact) mass is 395 g/mol. The van der Waals surface area contributed by atoms with Crippen molar-refractivity contribution in [3.63, 3.8) is 0 Å².